The van der Waals surface area contributed by atoms with Crippen LogP contribution in [0.5, 0.6) is 0 Å². The Bertz CT molecular complexity index is 342. The monoisotopic (exact) mass is 239 g/mol. The lowest BCUT2D eigenvalue weighted by Gasteiger charge is -2.09. The highest BCUT2D eigenvalue weighted by atomic mass is 16.5. The second-order valence-corrected chi connectivity index (χ2v) is 3.61. The smallest absolute Gasteiger partial charge is 0.311 e. The SMILES string of the molecule is CCOC(=O)CC(=NNC(=O)CC#N)C(C)C. The molecule has 0 aromatic rings. The summed E-state index contributed by atoms with van der Waals surface area (Å²) in [6.45, 7) is 5.74. The summed E-state index contributed by atoms with van der Waals surface area (Å²) in [6.07, 6.45) is -0.216. The van der Waals surface area contributed by atoms with Gasteiger partial charge in [0.15, 0.2) is 0 Å². The number of carbonyl (C=O) groups excluding carboxylic acids is 2. The van der Waals surface area contributed by atoms with Crippen molar-refractivity contribution in [3.8, 4) is 6.07 Å². The molecule has 0 aromatic carbocycles. The molecule has 0 atom stereocenters. The maximum absolute atomic E-state index is 11.3. The Balaban J connectivity index is 4.42. The van der Waals surface area contributed by atoms with Gasteiger partial charge in [0, 0.05) is 0 Å². The van der Waals surface area contributed by atoms with Crippen molar-refractivity contribution in [1.82, 2.24) is 5.43 Å². The van der Waals surface area contributed by atoms with Crippen LogP contribution < -0.4 is 5.43 Å². The van der Waals surface area contributed by atoms with E-state index in [-0.39, 0.29) is 24.7 Å². The summed E-state index contributed by atoms with van der Waals surface area (Å²) in [7, 11) is 0. The van der Waals surface area contributed by atoms with E-state index in [1.54, 1.807) is 13.0 Å². The number of esters is 1. The number of ether oxygens (including phenoxy) is 1. The summed E-state index contributed by atoms with van der Waals surface area (Å²) >= 11 is 0. The molecular weight excluding hydrogens is 222 g/mol. The highest BCUT2D eigenvalue weighted by molar-refractivity contribution is 6.00. The van der Waals surface area contributed by atoms with Crippen LogP contribution in [0.25, 0.3) is 0 Å². The second-order valence-electron chi connectivity index (χ2n) is 3.61. The van der Waals surface area contributed by atoms with Crippen molar-refractivity contribution in [1.29, 1.82) is 5.26 Å². The van der Waals surface area contributed by atoms with Gasteiger partial charge >= 0.3 is 5.97 Å². The topological polar surface area (TPSA) is 91.5 Å². The molecule has 0 saturated carbocycles. The van der Waals surface area contributed by atoms with Crippen molar-refractivity contribution in [2.45, 2.75) is 33.6 Å². The number of amides is 1. The molecule has 0 heterocycles. The van der Waals surface area contributed by atoms with Crippen molar-refractivity contribution in [2.75, 3.05) is 6.61 Å². The van der Waals surface area contributed by atoms with E-state index in [1.807, 2.05) is 13.8 Å². The van der Waals surface area contributed by atoms with Gasteiger partial charge in [0.2, 0.25) is 0 Å². The second kappa shape index (κ2) is 8.28. The predicted octanol–water partition coefficient (Wildman–Crippen LogP) is 0.981. The zero-order valence-corrected chi connectivity index (χ0v) is 10.3. The maximum atomic E-state index is 11.3. The van der Waals surface area contributed by atoms with E-state index in [9.17, 15) is 9.59 Å². The van der Waals surface area contributed by atoms with Crippen LogP contribution in [0, 0.1) is 17.2 Å². The molecule has 0 rings (SSSR count). The minimum absolute atomic E-state index is 0.0155. The Labute approximate surface area is 101 Å². The quantitative estimate of drug-likeness (QED) is 0.425. The van der Waals surface area contributed by atoms with E-state index in [0.717, 1.165) is 0 Å². The molecule has 0 aliphatic heterocycles. The fourth-order valence-corrected chi connectivity index (χ4v) is 0.978. The molecule has 0 bridgehead atoms. The molecule has 0 radical (unpaired) electrons. The first-order chi connectivity index (χ1) is 8.01. The number of nitrogens with zero attached hydrogens (tertiary/aromatic N) is 2. The van der Waals surface area contributed by atoms with Crippen molar-refractivity contribution in [2.24, 2.45) is 11.0 Å². The number of carbonyl (C=O) groups is 2. The number of hydrazone groups is 1. The maximum Gasteiger partial charge on any atom is 0.311 e. The molecule has 0 aliphatic carbocycles. The molecule has 0 saturated heterocycles. The molecule has 6 nitrogen and oxygen atoms in total. The van der Waals surface area contributed by atoms with E-state index < -0.39 is 5.91 Å². The van der Waals surface area contributed by atoms with Crippen LogP contribution in [0.15, 0.2) is 5.10 Å². The summed E-state index contributed by atoms with van der Waals surface area (Å²) in [5, 5.41) is 12.1. The van der Waals surface area contributed by atoms with Gasteiger partial charge in [-0.2, -0.15) is 10.4 Å². The molecule has 0 aromatic heterocycles. The van der Waals surface area contributed by atoms with Crippen molar-refractivity contribution < 1.29 is 14.3 Å². The minimum atomic E-state index is -0.491. The summed E-state index contributed by atoms with van der Waals surface area (Å²) in [5.41, 5.74) is 2.75. The van der Waals surface area contributed by atoms with E-state index in [0.29, 0.717) is 12.3 Å². The van der Waals surface area contributed by atoms with E-state index in [2.05, 4.69) is 10.5 Å². The molecule has 1 N–H and O–H groups in total. The van der Waals surface area contributed by atoms with Crippen molar-refractivity contribution >= 4 is 17.6 Å². The third-order valence-corrected chi connectivity index (χ3v) is 1.86. The number of nitriles is 1. The Morgan fingerprint density at radius 2 is 2.12 bits per heavy atom. The number of nitrogens with one attached hydrogen (secondary N) is 1. The normalized spacial score (nSPS) is 10.9. The van der Waals surface area contributed by atoms with Gasteiger partial charge in [-0.05, 0) is 12.8 Å². The number of hydrogen-bond donors (Lipinski definition) is 1. The largest absolute Gasteiger partial charge is 0.466 e. The standard InChI is InChI=1S/C11H17N3O3/c1-4-17-11(16)7-9(8(2)3)13-14-10(15)5-6-12/h8H,4-5,7H2,1-3H3,(H,14,15). The zero-order chi connectivity index (χ0) is 13.3. The molecule has 0 spiro atoms. The van der Waals surface area contributed by atoms with Gasteiger partial charge in [0.25, 0.3) is 5.91 Å². The first kappa shape index (κ1) is 15.1. The summed E-state index contributed by atoms with van der Waals surface area (Å²) in [4.78, 5) is 22.3. The third-order valence-electron chi connectivity index (χ3n) is 1.86. The minimum Gasteiger partial charge on any atom is -0.466 e. The Hall–Kier alpha value is -1.90. The highest BCUT2D eigenvalue weighted by Gasteiger charge is 2.12. The molecule has 0 unspecified atom stereocenters. The lowest BCUT2D eigenvalue weighted by molar-refractivity contribution is -0.141. The van der Waals surface area contributed by atoms with Gasteiger partial charge in [-0.1, -0.05) is 13.8 Å². The van der Waals surface area contributed by atoms with Crippen LogP contribution in [0.2, 0.25) is 0 Å². The average molecular weight is 239 g/mol. The predicted molar refractivity (Wildman–Crippen MR) is 61.9 cm³/mol. The first-order valence-corrected chi connectivity index (χ1v) is 5.39. The van der Waals surface area contributed by atoms with E-state index >= 15 is 0 Å². The summed E-state index contributed by atoms with van der Waals surface area (Å²) in [6, 6.07) is 1.71. The Morgan fingerprint density at radius 1 is 1.47 bits per heavy atom. The molecule has 0 fully saturated rings. The van der Waals surface area contributed by atoms with Gasteiger partial charge in [0.1, 0.15) is 6.42 Å². The number of rotatable bonds is 6. The third kappa shape index (κ3) is 7.06. The van der Waals surface area contributed by atoms with Gasteiger partial charge in [-0.25, -0.2) is 5.43 Å². The van der Waals surface area contributed by atoms with Gasteiger partial charge < -0.3 is 4.74 Å². The summed E-state index contributed by atoms with van der Waals surface area (Å²) < 4.78 is 4.79. The zero-order valence-electron chi connectivity index (χ0n) is 10.3. The molecule has 94 valence electrons. The number of hydrogen-bond acceptors (Lipinski definition) is 5. The van der Waals surface area contributed by atoms with Crippen LogP contribution in [0.3, 0.4) is 0 Å². The van der Waals surface area contributed by atoms with E-state index in [1.165, 1.54) is 0 Å². The van der Waals surface area contributed by atoms with E-state index in [4.69, 9.17) is 10.00 Å². The molecule has 1 amide bonds. The first-order valence-electron chi connectivity index (χ1n) is 5.39. The van der Waals surface area contributed by atoms with Gasteiger partial charge in [-0.15, -0.1) is 0 Å². The lowest BCUT2D eigenvalue weighted by Crippen LogP contribution is -2.23. The van der Waals surface area contributed by atoms with Crippen LogP contribution >= 0.6 is 0 Å². The average Bonchev–Trinajstić information content (AvgIpc) is 2.24. The van der Waals surface area contributed by atoms with Gasteiger partial charge in [0.05, 0.1) is 24.8 Å². The Morgan fingerprint density at radius 3 is 2.59 bits per heavy atom. The van der Waals surface area contributed by atoms with Gasteiger partial charge in [-0.3, -0.25) is 9.59 Å². The fourth-order valence-electron chi connectivity index (χ4n) is 0.978. The fraction of sp³-hybridized carbons (Fsp3) is 0.636. The lowest BCUT2D eigenvalue weighted by atomic mass is 10.1. The van der Waals surface area contributed by atoms with Crippen molar-refractivity contribution in [3.05, 3.63) is 0 Å². The highest BCUT2D eigenvalue weighted by Crippen LogP contribution is 2.02. The summed E-state index contributed by atoms with van der Waals surface area (Å²) in [5.74, 6) is -0.856. The van der Waals surface area contributed by atoms with Crippen LogP contribution in [-0.2, 0) is 14.3 Å². The van der Waals surface area contributed by atoms with Crippen LogP contribution in [0.4, 0.5) is 0 Å². The Kier molecular flexibility index (Phi) is 7.35. The van der Waals surface area contributed by atoms with Crippen LogP contribution in [0.1, 0.15) is 33.6 Å². The van der Waals surface area contributed by atoms with Crippen LogP contribution in [-0.4, -0.2) is 24.2 Å². The molecule has 6 heteroatoms. The molecule has 0 aliphatic rings. The molecule has 17 heavy (non-hydrogen) atoms. The molecular formula is C11H17N3O3. The van der Waals surface area contributed by atoms with Crippen molar-refractivity contribution in [3.63, 3.8) is 0 Å².